The Labute approximate surface area is 148 Å². The summed E-state index contributed by atoms with van der Waals surface area (Å²) in [6, 6.07) is 6.99. The number of aromatic carboxylic acids is 1. The van der Waals surface area contributed by atoms with Crippen molar-refractivity contribution in [2.45, 2.75) is 4.90 Å². The molecule has 0 atom stereocenters. The van der Waals surface area contributed by atoms with Gasteiger partial charge in [0.15, 0.2) is 5.76 Å². The highest BCUT2D eigenvalue weighted by atomic mass is 32.2. The van der Waals surface area contributed by atoms with E-state index in [4.69, 9.17) is 9.52 Å². The van der Waals surface area contributed by atoms with Crippen molar-refractivity contribution in [3.8, 4) is 0 Å². The number of carbonyl (C=O) groups excluding carboxylic acids is 1. The third kappa shape index (κ3) is 3.46. The molecule has 1 aliphatic rings. The maximum Gasteiger partial charge on any atom is 0.371 e. The second kappa shape index (κ2) is 6.89. The predicted octanol–water partition coefficient (Wildman–Crippen LogP) is 1.26. The molecule has 0 bridgehead atoms. The fourth-order valence-electron chi connectivity index (χ4n) is 2.61. The van der Waals surface area contributed by atoms with Crippen LogP contribution < -0.4 is 0 Å². The number of nitrogens with zero attached hydrogens (tertiary/aromatic N) is 2. The topological polar surface area (TPSA) is 108 Å². The molecule has 1 aromatic heterocycles. The maximum absolute atomic E-state index is 13.0. The van der Waals surface area contributed by atoms with E-state index < -0.39 is 27.7 Å². The number of benzene rings is 1. The van der Waals surface area contributed by atoms with Gasteiger partial charge in [-0.15, -0.1) is 0 Å². The minimum absolute atomic E-state index is 0.0178. The Bertz CT molecular complexity index is 930. The number of piperazine rings is 1. The summed E-state index contributed by atoms with van der Waals surface area (Å²) in [5.41, 5.74) is 0. The number of amides is 1. The smallest absolute Gasteiger partial charge is 0.371 e. The van der Waals surface area contributed by atoms with E-state index in [0.717, 1.165) is 12.1 Å². The van der Waals surface area contributed by atoms with E-state index in [1.165, 1.54) is 33.5 Å². The SMILES string of the molecule is O=C(O)c1ccc(C(=O)N2CCN(S(=O)(=O)c3ccc(F)cc3)CC2)o1. The first-order valence-corrected chi connectivity index (χ1v) is 9.11. The highest BCUT2D eigenvalue weighted by Gasteiger charge is 2.31. The molecule has 0 spiro atoms. The van der Waals surface area contributed by atoms with Crippen LogP contribution in [0.5, 0.6) is 0 Å². The van der Waals surface area contributed by atoms with Gasteiger partial charge in [0.1, 0.15) is 5.82 Å². The molecule has 2 heterocycles. The zero-order valence-corrected chi connectivity index (χ0v) is 14.3. The van der Waals surface area contributed by atoms with Crippen molar-refractivity contribution in [1.29, 1.82) is 0 Å². The van der Waals surface area contributed by atoms with Gasteiger partial charge in [-0.3, -0.25) is 4.79 Å². The van der Waals surface area contributed by atoms with Crippen LogP contribution in [-0.4, -0.2) is 60.8 Å². The van der Waals surface area contributed by atoms with Crippen molar-refractivity contribution in [3.63, 3.8) is 0 Å². The van der Waals surface area contributed by atoms with E-state index >= 15 is 0 Å². The Morgan fingerprint density at radius 1 is 0.962 bits per heavy atom. The van der Waals surface area contributed by atoms with E-state index in [0.29, 0.717) is 0 Å². The number of halogens is 1. The summed E-state index contributed by atoms with van der Waals surface area (Å²) in [5, 5.41) is 8.82. The molecule has 8 nitrogen and oxygen atoms in total. The fourth-order valence-corrected chi connectivity index (χ4v) is 4.03. The van der Waals surface area contributed by atoms with E-state index in [1.54, 1.807) is 0 Å². The average molecular weight is 382 g/mol. The third-order valence-electron chi connectivity index (χ3n) is 4.00. The molecule has 0 radical (unpaired) electrons. The van der Waals surface area contributed by atoms with E-state index in [2.05, 4.69) is 0 Å². The standard InChI is InChI=1S/C16H15FN2O6S/c17-11-1-3-12(4-2-11)26(23,24)19-9-7-18(8-10-19)15(20)13-5-6-14(25-13)16(21)22/h1-6H,7-10H2,(H,21,22). The van der Waals surface area contributed by atoms with Gasteiger partial charge in [-0.05, 0) is 36.4 Å². The summed E-state index contributed by atoms with van der Waals surface area (Å²) in [7, 11) is -3.77. The summed E-state index contributed by atoms with van der Waals surface area (Å²) < 4.78 is 44.2. The predicted molar refractivity (Wildman–Crippen MR) is 86.7 cm³/mol. The van der Waals surface area contributed by atoms with Crippen LogP contribution in [0.2, 0.25) is 0 Å². The number of furan rings is 1. The molecule has 0 aliphatic carbocycles. The number of carboxylic acids is 1. The Morgan fingerprint density at radius 3 is 2.08 bits per heavy atom. The molecule has 3 rings (SSSR count). The van der Waals surface area contributed by atoms with Crippen LogP contribution in [0, 0.1) is 5.82 Å². The normalized spacial score (nSPS) is 15.8. The maximum atomic E-state index is 13.0. The van der Waals surface area contributed by atoms with Crippen molar-refractivity contribution in [1.82, 2.24) is 9.21 Å². The van der Waals surface area contributed by atoms with Gasteiger partial charge in [0.2, 0.25) is 15.8 Å². The summed E-state index contributed by atoms with van der Waals surface area (Å²) in [6.07, 6.45) is 0. The first kappa shape index (κ1) is 18.1. The largest absolute Gasteiger partial charge is 0.475 e. The Morgan fingerprint density at radius 2 is 1.54 bits per heavy atom. The lowest BCUT2D eigenvalue weighted by Crippen LogP contribution is -2.50. The van der Waals surface area contributed by atoms with Gasteiger partial charge in [-0.2, -0.15) is 4.31 Å². The molecular formula is C16H15FN2O6S. The third-order valence-corrected chi connectivity index (χ3v) is 5.92. The molecule has 2 aromatic rings. The van der Waals surface area contributed by atoms with E-state index in [9.17, 15) is 22.4 Å². The van der Waals surface area contributed by atoms with Gasteiger partial charge in [0, 0.05) is 26.2 Å². The zero-order valence-electron chi connectivity index (χ0n) is 13.5. The van der Waals surface area contributed by atoms with Gasteiger partial charge >= 0.3 is 5.97 Å². The molecular weight excluding hydrogens is 367 g/mol. The number of hydrogen-bond acceptors (Lipinski definition) is 5. The lowest BCUT2D eigenvalue weighted by Gasteiger charge is -2.33. The van der Waals surface area contributed by atoms with E-state index in [-0.39, 0.29) is 42.6 Å². The second-order valence-corrected chi connectivity index (χ2v) is 7.56. The first-order valence-electron chi connectivity index (χ1n) is 7.67. The average Bonchev–Trinajstić information content (AvgIpc) is 3.12. The highest BCUT2D eigenvalue weighted by Crippen LogP contribution is 2.19. The molecule has 10 heteroatoms. The summed E-state index contributed by atoms with van der Waals surface area (Å²) >= 11 is 0. The van der Waals surface area contributed by atoms with Crippen LogP contribution in [-0.2, 0) is 10.0 Å². The zero-order chi connectivity index (χ0) is 18.9. The molecule has 1 aromatic carbocycles. The molecule has 1 fully saturated rings. The number of rotatable bonds is 4. The van der Waals surface area contributed by atoms with Crippen LogP contribution in [0.25, 0.3) is 0 Å². The van der Waals surface area contributed by atoms with Crippen LogP contribution in [0.4, 0.5) is 4.39 Å². The van der Waals surface area contributed by atoms with Crippen molar-refractivity contribution in [3.05, 3.63) is 53.7 Å². The molecule has 1 amide bonds. The summed E-state index contributed by atoms with van der Waals surface area (Å²) in [4.78, 5) is 24.5. The van der Waals surface area contributed by atoms with Gasteiger partial charge in [-0.1, -0.05) is 0 Å². The molecule has 1 N–H and O–H groups in total. The van der Waals surface area contributed by atoms with Crippen LogP contribution >= 0.6 is 0 Å². The number of carbonyl (C=O) groups is 2. The van der Waals surface area contributed by atoms with Crippen LogP contribution in [0.1, 0.15) is 21.1 Å². The van der Waals surface area contributed by atoms with Crippen molar-refractivity contribution in [2.24, 2.45) is 0 Å². The lowest BCUT2D eigenvalue weighted by molar-refractivity contribution is 0.0632. The van der Waals surface area contributed by atoms with E-state index in [1.807, 2.05) is 0 Å². The first-order chi connectivity index (χ1) is 12.3. The molecule has 26 heavy (non-hydrogen) atoms. The van der Waals surface area contributed by atoms with Gasteiger partial charge in [0.05, 0.1) is 4.90 Å². The highest BCUT2D eigenvalue weighted by molar-refractivity contribution is 7.89. The molecule has 0 unspecified atom stereocenters. The number of sulfonamides is 1. The lowest BCUT2D eigenvalue weighted by atomic mass is 10.3. The number of carboxylic acid groups (broad SMARTS) is 1. The molecule has 138 valence electrons. The molecule has 1 saturated heterocycles. The van der Waals surface area contributed by atoms with Crippen molar-refractivity contribution >= 4 is 21.9 Å². The Hall–Kier alpha value is -2.72. The Kier molecular flexibility index (Phi) is 4.79. The quantitative estimate of drug-likeness (QED) is 0.853. The Balaban J connectivity index is 1.67. The summed E-state index contributed by atoms with van der Waals surface area (Å²) in [5.74, 6) is -2.77. The van der Waals surface area contributed by atoms with Crippen LogP contribution in [0.3, 0.4) is 0 Å². The van der Waals surface area contributed by atoms with Gasteiger partial charge in [-0.25, -0.2) is 17.6 Å². The van der Waals surface area contributed by atoms with Gasteiger partial charge in [0.25, 0.3) is 5.91 Å². The van der Waals surface area contributed by atoms with Crippen molar-refractivity contribution < 1.29 is 31.9 Å². The van der Waals surface area contributed by atoms with Crippen molar-refractivity contribution in [2.75, 3.05) is 26.2 Å². The second-order valence-electron chi connectivity index (χ2n) is 5.62. The molecule has 0 saturated carbocycles. The monoisotopic (exact) mass is 382 g/mol. The minimum Gasteiger partial charge on any atom is -0.475 e. The van der Waals surface area contributed by atoms with Crippen LogP contribution in [0.15, 0.2) is 45.7 Å². The fraction of sp³-hybridized carbons (Fsp3) is 0.250. The molecule has 1 aliphatic heterocycles. The number of hydrogen-bond donors (Lipinski definition) is 1. The minimum atomic E-state index is -3.77. The van der Waals surface area contributed by atoms with Gasteiger partial charge < -0.3 is 14.4 Å². The summed E-state index contributed by atoms with van der Waals surface area (Å²) in [6.45, 7) is 0.390.